The third-order valence-electron chi connectivity index (χ3n) is 2.90. The molecule has 0 radical (unpaired) electrons. The predicted molar refractivity (Wildman–Crippen MR) is 61.6 cm³/mol. The molecule has 0 aromatic rings. The Labute approximate surface area is 101 Å². The zero-order valence-electron chi connectivity index (χ0n) is 9.77. The number of nitrogens with one attached hydrogen (secondary N) is 1. The molecule has 0 aliphatic carbocycles. The topological polar surface area (TPSA) is 81.7 Å². The van der Waals surface area contributed by atoms with Crippen LogP contribution in [0, 0.1) is 5.41 Å². The highest BCUT2D eigenvalue weighted by Crippen LogP contribution is 2.31. The molecule has 7 heteroatoms. The Bertz CT molecular complexity index is 384. The SMILES string of the molecule is C=CS(=O)(=O)NCC1(C(=O)OC)CCOCC1. The maximum atomic E-state index is 11.8. The lowest BCUT2D eigenvalue weighted by Gasteiger charge is -2.34. The minimum absolute atomic E-state index is 0.0113. The number of carbonyl (C=O) groups is 1. The highest BCUT2D eigenvalue weighted by atomic mass is 32.2. The highest BCUT2D eigenvalue weighted by molar-refractivity contribution is 7.92. The summed E-state index contributed by atoms with van der Waals surface area (Å²) in [5, 5.41) is 0.817. The van der Waals surface area contributed by atoms with Gasteiger partial charge in [0.05, 0.1) is 12.5 Å². The van der Waals surface area contributed by atoms with Crippen molar-refractivity contribution < 1.29 is 22.7 Å². The molecule has 17 heavy (non-hydrogen) atoms. The van der Waals surface area contributed by atoms with Crippen LogP contribution in [-0.2, 0) is 24.3 Å². The molecule has 0 amide bonds. The Morgan fingerprint density at radius 2 is 2.12 bits per heavy atom. The number of hydrogen-bond acceptors (Lipinski definition) is 5. The summed E-state index contributed by atoms with van der Waals surface area (Å²) >= 11 is 0. The maximum Gasteiger partial charge on any atom is 0.313 e. The van der Waals surface area contributed by atoms with Gasteiger partial charge in [-0.05, 0) is 12.8 Å². The van der Waals surface area contributed by atoms with Crippen LogP contribution in [-0.4, -0.2) is 41.3 Å². The van der Waals surface area contributed by atoms with Crippen molar-refractivity contribution in [3.63, 3.8) is 0 Å². The lowest BCUT2D eigenvalue weighted by atomic mass is 9.80. The van der Waals surface area contributed by atoms with E-state index in [0.29, 0.717) is 26.1 Å². The number of carbonyl (C=O) groups excluding carboxylic acids is 1. The first-order chi connectivity index (χ1) is 7.96. The second-order valence-corrected chi connectivity index (χ2v) is 5.63. The van der Waals surface area contributed by atoms with E-state index >= 15 is 0 Å². The third-order valence-corrected chi connectivity index (χ3v) is 3.89. The van der Waals surface area contributed by atoms with Crippen LogP contribution < -0.4 is 4.72 Å². The van der Waals surface area contributed by atoms with Gasteiger partial charge in [0.1, 0.15) is 0 Å². The number of esters is 1. The van der Waals surface area contributed by atoms with Crippen molar-refractivity contribution in [1.82, 2.24) is 4.72 Å². The Balaban J connectivity index is 2.77. The number of sulfonamides is 1. The van der Waals surface area contributed by atoms with E-state index in [1.54, 1.807) is 0 Å². The largest absolute Gasteiger partial charge is 0.469 e. The number of hydrogen-bond donors (Lipinski definition) is 1. The molecule has 1 heterocycles. The molecule has 1 rings (SSSR count). The lowest BCUT2D eigenvalue weighted by molar-refractivity contribution is -0.158. The van der Waals surface area contributed by atoms with Crippen LogP contribution in [0.15, 0.2) is 12.0 Å². The fourth-order valence-corrected chi connectivity index (χ4v) is 2.32. The molecule has 0 atom stereocenters. The molecular formula is C10H17NO5S. The molecule has 1 saturated heterocycles. The average molecular weight is 263 g/mol. The van der Waals surface area contributed by atoms with Crippen LogP contribution in [0.25, 0.3) is 0 Å². The van der Waals surface area contributed by atoms with E-state index in [2.05, 4.69) is 11.3 Å². The number of methoxy groups -OCH3 is 1. The molecule has 1 aliphatic rings. The summed E-state index contributed by atoms with van der Waals surface area (Å²) in [5.74, 6) is -0.410. The summed E-state index contributed by atoms with van der Waals surface area (Å²) in [6.45, 7) is 4.05. The molecular weight excluding hydrogens is 246 g/mol. The third kappa shape index (κ3) is 3.52. The Morgan fingerprint density at radius 3 is 2.59 bits per heavy atom. The van der Waals surface area contributed by atoms with Gasteiger partial charge in [0.15, 0.2) is 0 Å². The molecule has 1 N–H and O–H groups in total. The maximum absolute atomic E-state index is 11.8. The van der Waals surface area contributed by atoms with Gasteiger partial charge in [-0.25, -0.2) is 13.1 Å². The van der Waals surface area contributed by atoms with E-state index < -0.39 is 21.4 Å². The molecule has 6 nitrogen and oxygen atoms in total. The Morgan fingerprint density at radius 1 is 1.53 bits per heavy atom. The summed E-state index contributed by atoms with van der Waals surface area (Å²) in [4.78, 5) is 11.8. The zero-order valence-corrected chi connectivity index (χ0v) is 10.6. The molecule has 1 aliphatic heterocycles. The highest BCUT2D eigenvalue weighted by Gasteiger charge is 2.41. The van der Waals surface area contributed by atoms with Gasteiger partial charge in [0, 0.05) is 25.2 Å². The molecule has 0 aromatic carbocycles. The molecule has 0 spiro atoms. The van der Waals surface area contributed by atoms with Gasteiger partial charge in [-0.15, -0.1) is 0 Å². The monoisotopic (exact) mass is 263 g/mol. The second-order valence-electron chi connectivity index (χ2n) is 3.92. The van der Waals surface area contributed by atoms with E-state index in [9.17, 15) is 13.2 Å². The first kappa shape index (κ1) is 14.1. The van der Waals surface area contributed by atoms with Gasteiger partial charge in [0.2, 0.25) is 10.0 Å². The molecule has 0 unspecified atom stereocenters. The van der Waals surface area contributed by atoms with Crippen molar-refractivity contribution in [2.75, 3.05) is 26.9 Å². The number of rotatable bonds is 5. The van der Waals surface area contributed by atoms with Gasteiger partial charge in [-0.3, -0.25) is 4.79 Å². The van der Waals surface area contributed by atoms with Gasteiger partial charge in [-0.1, -0.05) is 6.58 Å². The molecule has 0 saturated carbocycles. The van der Waals surface area contributed by atoms with E-state index in [4.69, 9.17) is 9.47 Å². The Kier molecular flexibility index (Phi) is 4.67. The summed E-state index contributed by atoms with van der Waals surface area (Å²) in [6, 6.07) is 0. The van der Waals surface area contributed by atoms with E-state index in [1.165, 1.54) is 7.11 Å². The van der Waals surface area contributed by atoms with E-state index in [-0.39, 0.29) is 6.54 Å². The first-order valence-electron chi connectivity index (χ1n) is 5.24. The minimum Gasteiger partial charge on any atom is -0.469 e. The lowest BCUT2D eigenvalue weighted by Crippen LogP contribution is -2.46. The number of ether oxygens (including phenoxy) is 2. The van der Waals surface area contributed by atoms with Gasteiger partial charge < -0.3 is 9.47 Å². The van der Waals surface area contributed by atoms with Crippen molar-refractivity contribution in [1.29, 1.82) is 0 Å². The van der Waals surface area contributed by atoms with Crippen LogP contribution in [0.1, 0.15) is 12.8 Å². The predicted octanol–water partition coefficient (Wildman–Crippen LogP) is 0.0191. The first-order valence-corrected chi connectivity index (χ1v) is 6.79. The standard InChI is InChI=1S/C10H17NO5S/c1-3-17(13,14)11-8-10(9(12)15-2)4-6-16-7-5-10/h3,11H,1,4-8H2,2H3. The quantitative estimate of drug-likeness (QED) is 0.707. The molecule has 98 valence electrons. The van der Waals surface area contributed by atoms with E-state index in [1.807, 2.05) is 0 Å². The summed E-state index contributed by atoms with van der Waals surface area (Å²) in [7, 11) is -2.24. The zero-order chi connectivity index (χ0) is 12.9. The molecule has 0 aromatic heterocycles. The fraction of sp³-hybridized carbons (Fsp3) is 0.700. The summed E-state index contributed by atoms with van der Waals surface area (Å²) in [6.07, 6.45) is 0.888. The summed E-state index contributed by atoms with van der Waals surface area (Å²) < 4.78 is 34.8. The van der Waals surface area contributed by atoms with Gasteiger partial charge in [0.25, 0.3) is 0 Å². The second kappa shape index (κ2) is 5.61. The van der Waals surface area contributed by atoms with Crippen molar-refractivity contribution in [2.24, 2.45) is 5.41 Å². The van der Waals surface area contributed by atoms with Crippen molar-refractivity contribution in [3.8, 4) is 0 Å². The normalized spacial score (nSPS) is 19.6. The van der Waals surface area contributed by atoms with Crippen LogP contribution in [0.4, 0.5) is 0 Å². The van der Waals surface area contributed by atoms with E-state index in [0.717, 1.165) is 5.41 Å². The minimum atomic E-state index is -3.53. The molecule has 1 fully saturated rings. The van der Waals surface area contributed by atoms with Crippen molar-refractivity contribution in [2.45, 2.75) is 12.8 Å². The average Bonchev–Trinajstić information content (AvgIpc) is 2.36. The van der Waals surface area contributed by atoms with Crippen LogP contribution in [0.2, 0.25) is 0 Å². The smallest absolute Gasteiger partial charge is 0.313 e. The van der Waals surface area contributed by atoms with Crippen molar-refractivity contribution >= 4 is 16.0 Å². The van der Waals surface area contributed by atoms with Crippen molar-refractivity contribution in [3.05, 3.63) is 12.0 Å². The summed E-state index contributed by atoms with van der Waals surface area (Å²) in [5.41, 5.74) is -0.830. The Hall–Kier alpha value is -0.920. The van der Waals surface area contributed by atoms with Crippen LogP contribution in [0.5, 0.6) is 0 Å². The van der Waals surface area contributed by atoms with Gasteiger partial charge in [-0.2, -0.15) is 0 Å². The van der Waals surface area contributed by atoms with Gasteiger partial charge >= 0.3 is 5.97 Å². The molecule has 0 bridgehead atoms. The van der Waals surface area contributed by atoms with Crippen LogP contribution >= 0.6 is 0 Å². The van der Waals surface area contributed by atoms with Crippen LogP contribution in [0.3, 0.4) is 0 Å². The fourth-order valence-electron chi connectivity index (χ4n) is 1.73.